The number of aliphatic hydroxyl groups is 1. The van der Waals surface area contributed by atoms with Crippen LogP contribution in [0, 0.1) is 0 Å². The molecule has 60 valence electrons. The van der Waals surface area contributed by atoms with E-state index in [1.54, 1.807) is 12.5 Å². The average Bonchev–Trinajstić information content (AvgIpc) is 2.55. The van der Waals surface area contributed by atoms with Gasteiger partial charge in [0, 0.05) is 6.20 Å². The van der Waals surface area contributed by atoms with Crippen LogP contribution in [0.15, 0.2) is 12.5 Å². The molecule has 0 aromatic carbocycles. The van der Waals surface area contributed by atoms with E-state index in [9.17, 15) is 5.11 Å². The van der Waals surface area contributed by atoms with Crippen molar-refractivity contribution >= 4 is 0 Å². The van der Waals surface area contributed by atoms with Gasteiger partial charge in [-0.2, -0.15) is 0 Å². The summed E-state index contributed by atoms with van der Waals surface area (Å²) in [5.74, 6) is 0. The monoisotopic (exact) mass is 153 g/mol. The zero-order valence-electron chi connectivity index (χ0n) is 6.12. The van der Waals surface area contributed by atoms with E-state index in [-0.39, 0.29) is 12.1 Å². The first kappa shape index (κ1) is 6.82. The van der Waals surface area contributed by atoms with Gasteiger partial charge < -0.3 is 15.4 Å². The minimum absolute atomic E-state index is 0.0532. The van der Waals surface area contributed by atoms with E-state index in [2.05, 4.69) is 15.3 Å². The summed E-state index contributed by atoms with van der Waals surface area (Å²) in [6, 6.07) is 0.0532. The minimum atomic E-state index is -0.268. The maximum atomic E-state index is 9.45. The minimum Gasteiger partial charge on any atom is -0.391 e. The molecule has 0 saturated carbocycles. The zero-order valence-corrected chi connectivity index (χ0v) is 6.12. The summed E-state index contributed by atoms with van der Waals surface area (Å²) in [5, 5.41) is 12.6. The number of H-pyrrole nitrogens is 1. The SMILES string of the molecule is OC1CCNC1c1cnc[nH]1. The Hall–Kier alpha value is -0.870. The van der Waals surface area contributed by atoms with Crippen molar-refractivity contribution in [2.24, 2.45) is 0 Å². The van der Waals surface area contributed by atoms with Crippen LogP contribution in [0.2, 0.25) is 0 Å². The number of aromatic amines is 1. The van der Waals surface area contributed by atoms with Crippen LogP contribution in [0.25, 0.3) is 0 Å². The van der Waals surface area contributed by atoms with Crippen molar-refractivity contribution in [1.29, 1.82) is 0 Å². The van der Waals surface area contributed by atoms with E-state index in [0.717, 1.165) is 18.7 Å². The van der Waals surface area contributed by atoms with Gasteiger partial charge in [0.05, 0.1) is 24.2 Å². The molecule has 2 rings (SSSR count). The molecular formula is C7H11N3O. The Morgan fingerprint density at radius 3 is 3.09 bits per heavy atom. The lowest BCUT2D eigenvalue weighted by Crippen LogP contribution is -2.21. The summed E-state index contributed by atoms with van der Waals surface area (Å²) in [6.07, 6.45) is 3.92. The second kappa shape index (κ2) is 2.64. The van der Waals surface area contributed by atoms with E-state index in [1.165, 1.54) is 0 Å². The Morgan fingerprint density at radius 2 is 2.55 bits per heavy atom. The fourth-order valence-corrected chi connectivity index (χ4v) is 1.44. The number of hydrogen-bond acceptors (Lipinski definition) is 3. The van der Waals surface area contributed by atoms with Crippen molar-refractivity contribution in [3.63, 3.8) is 0 Å². The molecule has 0 bridgehead atoms. The molecule has 2 atom stereocenters. The Labute approximate surface area is 64.7 Å². The molecule has 2 heterocycles. The van der Waals surface area contributed by atoms with Crippen LogP contribution in [0.4, 0.5) is 0 Å². The molecule has 0 aliphatic carbocycles. The van der Waals surface area contributed by atoms with E-state index >= 15 is 0 Å². The molecule has 0 radical (unpaired) electrons. The molecule has 4 heteroatoms. The van der Waals surface area contributed by atoms with Crippen LogP contribution < -0.4 is 5.32 Å². The van der Waals surface area contributed by atoms with Crippen molar-refractivity contribution in [2.45, 2.75) is 18.6 Å². The third-order valence-corrected chi connectivity index (χ3v) is 2.04. The lowest BCUT2D eigenvalue weighted by atomic mass is 10.1. The van der Waals surface area contributed by atoms with E-state index in [4.69, 9.17) is 0 Å². The number of aromatic nitrogens is 2. The van der Waals surface area contributed by atoms with Gasteiger partial charge in [0.1, 0.15) is 0 Å². The molecular weight excluding hydrogens is 142 g/mol. The topological polar surface area (TPSA) is 60.9 Å². The maximum Gasteiger partial charge on any atom is 0.0922 e. The van der Waals surface area contributed by atoms with Crippen molar-refractivity contribution in [1.82, 2.24) is 15.3 Å². The largest absolute Gasteiger partial charge is 0.391 e. The third kappa shape index (κ3) is 1.15. The van der Waals surface area contributed by atoms with Crippen molar-refractivity contribution < 1.29 is 5.11 Å². The van der Waals surface area contributed by atoms with Gasteiger partial charge in [-0.25, -0.2) is 4.98 Å². The number of aliphatic hydroxyl groups excluding tert-OH is 1. The van der Waals surface area contributed by atoms with Crippen LogP contribution in [0.1, 0.15) is 18.2 Å². The lowest BCUT2D eigenvalue weighted by molar-refractivity contribution is 0.158. The number of imidazole rings is 1. The van der Waals surface area contributed by atoms with Crippen LogP contribution in [0.3, 0.4) is 0 Å². The number of hydrogen-bond donors (Lipinski definition) is 3. The zero-order chi connectivity index (χ0) is 7.68. The van der Waals surface area contributed by atoms with Gasteiger partial charge in [-0.3, -0.25) is 0 Å². The summed E-state index contributed by atoms with van der Waals surface area (Å²) < 4.78 is 0. The highest BCUT2D eigenvalue weighted by molar-refractivity contribution is 5.07. The fraction of sp³-hybridized carbons (Fsp3) is 0.571. The maximum absolute atomic E-state index is 9.45. The first-order valence-electron chi connectivity index (χ1n) is 3.77. The molecule has 11 heavy (non-hydrogen) atoms. The molecule has 1 aromatic heterocycles. The Balaban J connectivity index is 2.16. The summed E-state index contributed by atoms with van der Waals surface area (Å²) in [4.78, 5) is 6.87. The fourth-order valence-electron chi connectivity index (χ4n) is 1.44. The lowest BCUT2D eigenvalue weighted by Gasteiger charge is -2.11. The molecule has 1 aliphatic rings. The molecule has 0 spiro atoms. The summed E-state index contributed by atoms with van der Waals surface area (Å²) in [6.45, 7) is 0.880. The highest BCUT2D eigenvalue weighted by Crippen LogP contribution is 2.20. The number of nitrogens with one attached hydrogen (secondary N) is 2. The smallest absolute Gasteiger partial charge is 0.0922 e. The molecule has 1 aromatic rings. The molecule has 4 nitrogen and oxygen atoms in total. The van der Waals surface area contributed by atoms with Crippen LogP contribution >= 0.6 is 0 Å². The van der Waals surface area contributed by atoms with Gasteiger partial charge in [0.2, 0.25) is 0 Å². The van der Waals surface area contributed by atoms with Gasteiger partial charge in [0.15, 0.2) is 0 Å². The van der Waals surface area contributed by atoms with Crippen LogP contribution in [-0.2, 0) is 0 Å². The highest BCUT2D eigenvalue weighted by Gasteiger charge is 2.26. The first-order chi connectivity index (χ1) is 5.38. The van der Waals surface area contributed by atoms with Crippen molar-refractivity contribution in [3.8, 4) is 0 Å². The second-order valence-corrected chi connectivity index (χ2v) is 2.79. The average molecular weight is 153 g/mol. The van der Waals surface area contributed by atoms with Crippen molar-refractivity contribution in [3.05, 3.63) is 18.2 Å². The molecule has 1 aliphatic heterocycles. The molecule has 0 amide bonds. The summed E-state index contributed by atoms with van der Waals surface area (Å²) in [7, 11) is 0. The number of nitrogens with zero attached hydrogens (tertiary/aromatic N) is 1. The van der Waals surface area contributed by atoms with Crippen molar-refractivity contribution in [2.75, 3.05) is 6.54 Å². The Morgan fingerprint density at radius 1 is 1.64 bits per heavy atom. The molecule has 2 unspecified atom stereocenters. The quantitative estimate of drug-likeness (QED) is 0.524. The van der Waals surface area contributed by atoms with E-state index in [0.29, 0.717) is 0 Å². The predicted molar refractivity (Wildman–Crippen MR) is 40.0 cm³/mol. The van der Waals surface area contributed by atoms with E-state index < -0.39 is 0 Å². The Kier molecular flexibility index (Phi) is 1.63. The number of rotatable bonds is 1. The molecule has 3 N–H and O–H groups in total. The first-order valence-corrected chi connectivity index (χ1v) is 3.77. The van der Waals surface area contributed by atoms with Gasteiger partial charge in [-0.1, -0.05) is 0 Å². The van der Waals surface area contributed by atoms with Crippen LogP contribution in [-0.4, -0.2) is 27.7 Å². The second-order valence-electron chi connectivity index (χ2n) is 2.79. The van der Waals surface area contributed by atoms with Gasteiger partial charge in [0.25, 0.3) is 0 Å². The highest BCUT2D eigenvalue weighted by atomic mass is 16.3. The summed E-state index contributed by atoms with van der Waals surface area (Å²) in [5.41, 5.74) is 0.968. The predicted octanol–water partition coefficient (Wildman–Crippen LogP) is -0.195. The Bertz CT molecular complexity index is 222. The van der Waals surface area contributed by atoms with Gasteiger partial charge in [-0.05, 0) is 13.0 Å². The normalized spacial score (nSPS) is 31.0. The standard InChI is InChI=1S/C7H11N3O/c11-6-1-2-9-7(6)5-3-8-4-10-5/h3-4,6-7,9,11H,1-2H2,(H,8,10). The van der Waals surface area contributed by atoms with Crippen LogP contribution in [0.5, 0.6) is 0 Å². The van der Waals surface area contributed by atoms with Gasteiger partial charge >= 0.3 is 0 Å². The third-order valence-electron chi connectivity index (χ3n) is 2.04. The van der Waals surface area contributed by atoms with Gasteiger partial charge in [-0.15, -0.1) is 0 Å². The molecule has 1 saturated heterocycles. The van der Waals surface area contributed by atoms with E-state index in [1.807, 2.05) is 0 Å². The molecule has 1 fully saturated rings. The summed E-state index contributed by atoms with van der Waals surface area (Å²) >= 11 is 0.